The summed E-state index contributed by atoms with van der Waals surface area (Å²) in [5.74, 6) is 0.170. The van der Waals surface area contributed by atoms with E-state index in [1.165, 1.54) is 6.07 Å². The topological polar surface area (TPSA) is 82.8 Å². The molecule has 0 saturated heterocycles. The number of rotatable bonds is 5. The first kappa shape index (κ1) is 15.9. The molecule has 0 spiro atoms. The lowest BCUT2D eigenvalue weighted by molar-refractivity contribution is 0.245. The summed E-state index contributed by atoms with van der Waals surface area (Å²) in [6.07, 6.45) is 0. The molecule has 0 atom stereocenters. The molecular formula is C13H15BrN2O4S. The lowest BCUT2D eigenvalue weighted by atomic mass is 10.2. The Labute approximate surface area is 131 Å². The highest BCUT2D eigenvalue weighted by Crippen LogP contribution is 2.30. The van der Waals surface area contributed by atoms with Crippen molar-refractivity contribution in [2.45, 2.75) is 11.5 Å². The Morgan fingerprint density at radius 3 is 2.57 bits per heavy atom. The molecule has 2 rings (SSSR count). The first-order chi connectivity index (χ1) is 9.85. The number of hydrogen-bond acceptors (Lipinski definition) is 5. The second-order valence-electron chi connectivity index (χ2n) is 4.53. The van der Waals surface area contributed by atoms with Gasteiger partial charge in [0.2, 0.25) is 0 Å². The van der Waals surface area contributed by atoms with E-state index in [1.54, 1.807) is 23.1 Å². The molecule has 114 valence electrons. The average molecular weight is 375 g/mol. The predicted molar refractivity (Wildman–Crippen MR) is 83.9 cm³/mol. The number of sulfonamides is 1. The van der Waals surface area contributed by atoms with Gasteiger partial charge in [-0.1, -0.05) is 12.1 Å². The van der Waals surface area contributed by atoms with E-state index in [9.17, 15) is 8.42 Å². The lowest BCUT2D eigenvalue weighted by Crippen LogP contribution is -2.17. The van der Waals surface area contributed by atoms with Gasteiger partial charge in [0.15, 0.2) is 4.67 Å². The van der Waals surface area contributed by atoms with Crippen LogP contribution in [0.25, 0.3) is 0 Å². The van der Waals surface area contributed by atoms with Gasteiger partial charge in [-0.25, -0.2) is 8.42 Å². The maximum absolute atomic E-state index is 12.4. The van der Waals surface area contributed by atoms with Crippen LogP contribution in [0.4, 0.5) is 11.4 Å². The van der Waals surface area contributed by atoms with Crippen molar-refractivity contribution in [3.63, 3.8) is 0 Å². The summed E-state index contributed by atoms with van der Waals surface area (Å²) in [7, 11) is -0.169. The van der Waals surface area contributed by atoms with Gasteiger partial charge in [-0.2, -0.15) is 0 Å². The van der Waals surface area contributed by atoms with Gasteiger partial charge in [-0.05, 0) is 28.1 Å². The Balaban J connectivity index is 2.40. The number of hydrogen-bond donors (Lipinski definition) is 2. The van der Waals surface area contributed by atoms with E-state index in [0.717, 1.165) is 5.69 Å². The van der Waals surface area contributed by atoms with Crippen molar-refractivity contribution in [1.82, 2.24) is 0 Å². The molecule has 0 amide bonds. The van der Waals surface area contributed by atoms with Crippen LogP contribution in [0.1, 0.15) is 5.76 Å². The normalized spacial score (nSPS) is 11.4. The molecule has 2 N–H and O–H groups in total. The fraction of sp³-hybridized carbons (Fsp3) is 0.231. The van der Waals surface area contributed by atoms with Crippen molar-refractivity contribution < 1.29 is 17.9 Å². The predicted octanol–water partition coefficient (Wildman–Crippen LogP) is 2.40. The van der Waals surface area contributed by atoms with Crippen LogP contribution in [-0.2, 0) is 16.6 Å². The van der Waals surface area contributed by atoms with Crippen LogP contribution in [-0.4, -0.2) is 27.6 Å². The first-order valence-electron chi connectivity index (χ1n) is 6.03. The molecule has 8 heteroatoms. The van der Waals surface area contributed by atoms with E-state index in [-0.39, 0.29) is 21.9 Å². The molecule has 2 aromatic rings. The van der Waals surface area contributed by atoms with Crippen LogP contribution in [0.5, 0.6) is 0 Å². The van der Waals surface area contributed by atoms with Crippen molar-refractivity contribution in [3.05, 3.63) is 40.8 Å². The number of halogens is 1. The van der Waals surface area contributed by atoms with Crippen molar-refractivity contribution in [3.8, 4) is 0 Å². The Bertz CT molecular complexity index is 740. The summed E-state index contributed by atoms with van der Waals surface area (Å²) < 4.78 is 32.5. The molecule has 21 heavy (non-hydrogen) atoms. The highest BCUT2D eigenvalue weighted by Gasteiger charge is 2.23. The van der Waals surface area contributed by atoms with Gasteiger partial charge in [-0.15, -0.1) is 0 Å². The van der Waals surface area contributed by atoms with E-state index < -0.39 is 10.0 Å². The Morgan fingerprint density at radius 2 is 2.00 bits per heavy atom. The summed E-state index contributed by atoms with van der Waals surface area (Å²) in [6.45, 7) is -0.373. The minimum atomic E-state index is -3.82. The van der Waals surface area contributed by atoms with Gasteiger partial charge in [0, 0.05) is 20.2 Å². The third-order valence-corrected chi connectivity index (χ3v) is 5.00. The zero-order valence-electron chi connectivity index (χ0n) is 11.5. The fourth-order valence-electron chi connectivity index (χ4n) is 1.81. The lowest BCUT2D eigenvalue weighted by Gasteiger charge is -2.18. The molecule has 0 saturated carbocycles. The van der Waals surface area contributed by atoms with Gasteiger partial charge in [-0.3, -0.25) is 4.72 Å². The number of benzene rings is 1. The quantitative estimate of drug-likeness (QED) is 0.839. The Morgan fingerprint density at radius 1 is 1.33 bits per heavy atom. The molecule has 0 aliphatic heterocycles. The molecule has 0 bridgehead atoms. The maximum Gasteiger partial charge on any atom is 0.266 e. The van der Waals surface area contributed by atoms with E-state index in [0.29, 0.717) is 5.69 Å². The molecule has 1 aromatic carbocycles. The standard InChI is InChI=1S/C13H15BrN2O4S/c1-16(2)11-6-4-3-5-10(11)15-21(18,19)12-7-9(8-17)20-13(12)14/h3-7,15,17H,8H2,1-2H3. The van der Waals surface area contributed by atoms with E-state index in [2.05, 4.69) is 20.7 Å². The first-order valence-corrected chi connectivity index (χ1v) is 8.31. The van der Waals surface area contributed by atoms with Crippen LogP contribution in [0.2, 0.25) is 0 Å². The second-order valence-corrected chi connectivity index (χ2v) is 6.90. The maximum atomic E-state index is 12.4. The van der Waals surface area contributed by atoms with Gasteiger partial charge in [0.05, 0.1) is 11.4 Å². The average Bonchev–Trinajstić information content (AvgIpc) is 2.81. The van der Waals surface area contributed by atoms with Crippen molar-refractivity contribution >= 4 is 37.3 Å². The van der Waals surface area contributed by atoms with Crippen LogP contribution in [0.15, 0.2) is 44.3 Å². The number of anilines is 2. The molecular weight excluding hydrogens is 360 g/mol. The second kappa shape index (κ2) is 6.08. The third-order valence-electron chi connectivity index (χ3n) is 2.78. The Kier molecular flexibility index (Phi) is 4.60. The molecule has 6 nitrogen and oxygen atoms in total. The number of aliphatic hydroxyl groups is 1. The van der Waals surface area contributed by atoms with Gasteiger partial charge >= 0.3 is 0 Å². The smallest absolute Gasteiger partial charge is 0.266 e. The van der Waals surface area contributed by atoms with Crippen LogP contribution in [0.3, 0.4) is 0 Å². The highest BCUT2D eigenvalue weighted by atomic mass is 79.9. The summed E-state index contributed by atoms with van der Waals surface area (Å²) in [5, 5.41) is 9.01. The van der Waals surface area contributed by atoms with Gasteiger partial charge in [0.1, 0.15) is 17.3 Å². The largest absolute Gasteiger partial charge is 0.450 e. The van der Waals surface area contributed by atoms with Gasteiger partial charge in [0.25, 0.3) is 10.0 Å². The minimum absolute atomic E-state index is 0.0555. The Hall–Kier alpha value is -1.51. The molecule has 0 aliphatic carbocycles. The van der Waals surface area contributed by atoms with Gasteiger partial charge < -0.3 is 14.4 Å². The molecule has 0 fully saturated rings. The fourth-order valence-corrected chi connectivity index (χ4v) is 3.88. The summed E-state index contributed by atoms with van der Waals surface area (Å²) >= 11 is 3.05. The summed E-state index contributed by atoms with van der Waals surface area (Å²) in [5.41, 5.74) is 1.20. The zero-order chi connectivity index (χ0) is 15.6. The number of furan rings is 1. The zero-order valence-corrected chi connectivity index (χ0v) is 13.9. The third kappa shape index (κ3) is 3.39. The highest BCUT2D eigenvalue weighted by molar-refractivity contribution is 9.10. The number of para-hydroxylation sites is 2. The molecule has 1 aromatic heterocycles. The molecule has 0 unspecified atom stereocenters. The number of nitrogens with one attached hydrogen (secondary N) is 1. The van der Waals surface area contributed by atoms with E-state index in [1.807, 2.05) is 20.2 Å². The van der Waals surface area contributed by atoms with E-state index in [4.69, 9.17) is 9.52 Å². The molecule has 0 aliphatic rings. The molecule has 1 heterocycles. The van der Waals surface area contributed by atoms with Crippen LogP contribution >= 0.6 is 15.9 Å². The number of aliphatic hydroxyl groups excluding tert-OH is 1. The van der Waals surface area contributed by atoms with E-state index >= 15 is 0 Å². The van der Waals surface area contributed by atoms with Crippen molar-refractivity contribution in [1.29, 1.82) is 0 Å². The SMILES string of the molecule is CN(C)c1ccccc1NS(=O)(=O)c1cc(CO)oc1Br. The number of nitrogens with zero attached hydrogens (tertiary/aromatic N) is 1. The van der Waals surface area contributed by atoms with Crippen LogP contribution < -0.4 is 9.62 Å². The molecule has 0 radical (unpaired) electrons. The van der Waals surface area contributed by atoms with Crippen molar-refractivity contribution in [2.75, 3.05) is 23.7 Å². The van der Waals surface area contributed by atoms with Crippen LogP contribution in [0, 0.1) is 0 Å². The minimum Gasteiger partial charge on any atom is -0.450 e. The monoisotopic (exact) mass is 374 g/mol. The summed E-state index contributed by atoms with van der Waals surface area (Å²) in [6, 6.07) is 8.33. The summed E-state index contributed by atoms with van der Waals surface area (Å²) in [4.78, 5) is 1.75. The van der Waals surface area contributed by atoms with Crippen molar-refractivity contribution in [2.24, 2.45) is 0 Å².